The maximum atomic E-state index is 11.6. The average Bonchev–Trinajstić information content (AvgIpc) is 1.59. The van der Waals surface area contributed by atoms with Crippen LogP contribution in [-0.2, 0) is 90.0 Å². The van der Waals surface area contributed by atoms with E-state index in [1.807, 2.05) is 0 Å². The third-order valence-corrected chi connectivity index (χ3v) is 20.9. The SMILES string of the molecule is O.OCC1OC(OC2(COC3(COC4(CO)OC(COC5(COC6(CO)OC(COC7(COC8(COC9OC(COC%10(CO)OC(CO)C(O)C%10O)C(O)C9O)OC(CO)C(O)C8O)OC(CO)C(O)C7O)C(O)C6O)OCC(O)C5O)C(O)C4O)OC(CO)C(O)C3O)OC(CO)C(O)C2O)C(O)C(O)C1O. The minimum Gasteiger partial charge on any atom is -0.412 e. The predicted molar refractivity (Wildman–Crippen MR) is 321 cm³/mol. The summed E-state index contributed by atoms with van der Waals surface area (Å²) in [5.74, 6) is -22.3. The van der Waals surface area contributed by atoms with E-state index in [0.717, 1.165) is 0 Å². The van der Waals surface area contributed by atoms with Crippen molar-refractivity contribution >= 4 is 0 Å². The molecule has 0 aromatic rings. The first-order valence-electron chi connectivity index (χ1n) is 33.8. The zero-order chi connectivity index (χ0) is 78.6. The van der Waals surface area contributed by atoms with Crippen molar-refractivity contribution in [3.8, 4) is 0 Å². The Morgan fingerprint density at radius 1 is 0.250 bits per heavy atom. The number of ether oxygens (including phenoxy) is 19. The van der Waals surface area contributed by atoms with Crippen LogP contribution in [0.25, 0.3) is 0 Å². The van der Waals surface area contributed by atoms with Crippen LogP contribution in [0.3, 0.4) is 0 Å². The number of aliphatic hydroxyl groups excluding tert-OH is 30. The first-order valence-corrected chi connectivity index (χ1v) is 33.8. The van der Waals surface area contributed by atoms with Crippen LogP contribution in [0.4, 0.5) is 0 Å². The van der Waals surface area contributed by atoms with Crippen LogP contribution in [0.15, 0.2) is 0 Å². The van der Waals surface area contributed by atoms with Crippen molar-refractivity contribution in [3.05, 3.63) is 0 Å². The lowest BCUT2D eigenvalue weighted by atomic mass is 9.99. The predicted octanol–water partition coefficient (Wildman–Crippen LogP) is -22.3. The van der Waals surface area contributed by atoms with Gasteiger partial charge in [-0.25, -0.2) is 0 Å². The zero-order valence-corrected chi connectivity index (χ0v) is 56.9. The molecule has 50 nitrogen and oxygen atoms in total. The molecule has 0 spiro atoms. The third-order valence-electron chi connectivity index (χ3n) is 20.9. The molecular weight excluding hydrogens is 1500 g/mol. The fourth-order valence-corrected chi connectivity index (χ4v) is 14.1. The number of aliphatic hydroxyl groups is 30. The Morgan fingerprint density at radius 3 is 0.926 bits per heavy atom. The molecular formula is C58H100O50. The Morgan fingerprint density at radius 2 is 0.528 bits per heavy atom. The Labute approximate surface area is 608 Å². The van der Waals surface area contributed by atoms with Gasteiger partial charge in [-0.15, -0.1) is 0 Å². The van der Waals surface area contributed by atoms with E-state index in [4.69, 9.17) is 90.0 Å². The quantitative estimate of drug-likeness (QED) is 0.0280. The summed E-state index contributed by atoms with van der Waals surface area (Å²) in [6, 6.07) is 0. The molecule has 0 aromatic carbocycles. The van der Waals surface area contributed by atoms with E-state index in [0.29, 0.717) is 0 Å². The smallest absolute Gasteiger partial charge is 0.224 e. The van der Waals surface area contributed by atoms with Gasteiger partial charge in [0, 0.05) is 0 Å². The second kappa shape index (κ2) is 35.4. The summed E-state index contributed by atoms with van der Waals surface area (Å²) in [7, 11) is 0. The summed E-state index contributed by atoms with van der Waals surface area (Å²) < 4.78 is 109. The van der Waals surface area contributed by atoms with E-state index in [1.165, 1.54) is 0 Å². The highest BCUT2D eigenvalue weighted by atomic mass is 16.9. The fourth-order valence-electron chi connectivity index (χ4n) is 14.1. The van der Waals surface area contributed by atoms with E-state index < -0.39 is 361 Å². The second-order valence-electron chi connectivity index (χ2n) is 27.6. The summed E-state index contributed by atoms with van der Waals surface area (Å²) in [5, 5.41) is 324. The minimum absolute atomic E-state index is 0. The van der Waals surface area contributed by atoms with Gasteiger partial charge in [0.25, 0.3) is 0 Å². The Hall–Kier alpha value is -2.00. The number of hydrogen-bond acceptors (Lipinski definition) is 49. The molecule has 108 heavy (non-hydrogen) atoms. The molecule has 40 atom stereocenters. The van der Waals surface area contributed by atoms with Gasteiger partial charge in [-0.1, -0.05) is 0 Å². The number of rotatable bonds is 35. The molecule has 10 saturated heterocycles. The lowest BCUT2D eigenvalue weighted by Gasteiger charge is -2.44. The van der Waals surface area contributed by atoms with Gasteiger partial charge in [-0.3, -0.25) is 0 Å². The molecule has 10 fully saturated rings. The van der Waals surface area contributed by atoms with Crippen LogP contribution < -0.4 is 0 Å². The summed E-state index contributed by atoms with van der Waals surface area (Å²) in [5.41, 5.74) is 0. The first kappa shape index (κ1) is 89.9. The molecule has 10 aliphatic rings. The molecule has 10 aliphatic heterocycles. The van der Waals surface area contributed by atoms with Crippen LogP contribution in [0, 0.1) is 0 Å². The molecule has 0 amide bonds. The minimum atomic E-state index is -2.93. The van der Waals surface area contributed by atoms with E-state index in [-0.39, 0.29) is 5.48 Å². The van der Waals surface area contributed by atoms with Crippen molar-refractivity contribution in [2.45, 2.75) is 242 Å². The maximum absolute atomic E-state index is 11.6. The third kappa shape index (κ3) is 16.2. The van der Waals surface area contributed by atoms with E-state index in [2.05, 4.69) is 0 Å². The van der Waals surface area contributed by atoms with Gasteiger partial charge in [-0.2, -0.15) is 0 Å². The van der Waals surface area contributed by atoms with Gasteiger partial charge in [0.1, 0.15) is 236 Å². The van der Waals surface area contributed by atoms with Gasteiger partial charge >= 0.3 is 0 Å². The van der Waals surface area contributed by atoms with Crippen molar-refractivity contribution in [2.24, 2.45) is 0 Å². The molecule has 10 heterocycles. The van der Waals surface area contributed by atoms with Crippen molar-refractivity contribution in [1.82, 2.24) is 0 Å². The molecule has 50 heteroatoms. The molecule has 10 rings (SSSR count). The monoisotopic (exact) mass is 1600 g/mol. The van der Waals surface area contributed by atoms with Crippen molar-refractivity contribution in [3.63, 3.8) is 0 Å². The first-order chi connectivity index (χ1) is 50.5. The van der Waals surface area contributed by atoms with Crippen LogP contribution in [0.1, 0.15) is 0 Å². The Balaban J connectivity index is 0.0000135. The number of hydrogen-bond donors (Lipinski definition) is 30. The van der Waals surface area contributed by atoms with Crippen LogP contribution in [0.5, 0.6) is 0 Å². The Bertz CT molecular complexity index is 2820. The second-order valence-corrected chi connectivity index (χ2v) is 27.6. The highest BCUT2D eigenvalue weighted by Gasteiger charge is 2.68. The molecule has 40 unspecified atom stereocenters. The standard InChI is InChI=1S/C58H98O49.H2O/c59-1-20-29(69)38(78)40(80)50(98-20)107-58(48(88)35(75)25(6-64)104-58)18-97-57(47(87)34(74)24(5-63)103-57)17-95-53(13-67)44(84)36(76)27(105-53)9-92-54(41(81)19(68)7-90-54)15-94-52(12-66)43(83)37(77)28(106-52)10-93-56(46(86)33(73)23(4-62)102-56)16-96-55(45(85)32(72)22(3-61)101-55)14-89-49-39(79)30(70)26(99-49)8-91-51(11-65)42(82)31(71)21(2-60)100-51;/h19-50,59-88H,1-18H2;1H2. The normalized spacial score (nSPS) is 52.4. The molecule has 0 aromatic heterocycles. The zero-order valence-electron chi connectivity index (χ0n) is 56.9. The summed E-state index contributed by atoms with van der Waals surface area (Å²) in [6.07, 6.45) is -64.5. The molecule has 632 valence electrons. The van der Waals surface area contributed by atoms with Crippen LogP contribution >= 0.6 is 0 Å². The van der Waals surface area contributed by atoms with Crippen molar-refractivity contribution in [1.29, 1.82) is 0 Å². The molecule has 32 N–H and O–H groups in total. The lowest BCUT2D eigenvalue weighted by molar-refractivity contribution is -0.404. The summed E-state index contributed by atoms with van der Waals surface area (Å²) in [6.45, 7) is -20.3. The fraction of sp³-hybridized carbons (Fsp3) is 1.00. The van der Waals surface area contributed by atoms with Crippen LogP contribution in [-0.4, -0.2) is 520 Å². The maximum Gasteiger partial charge on any atom is 0.224 e. The lowest BCUT2D eigenvalue weighted by Crippen LogP contribution is -2.63. The molecule has 0 bridgehead atoms. The topological polar surface area (TPSA) is 814 Å². The molecule has 0 radical (unpaired) electrons. The van der Waals surface area contributed by atoms with Gasteiger partial charge in [-0.05, 0) is 0 Å². The molecule has 0 saturated carbocycles. The van der Waals surface area contributed by atoms with Gasteiger partial charge < -0.3 is 249 Å². The average molecular weight is 1600 g/mol. The van der Waals surface area contributed by atoms with Gasteiger partial charge in [0.15, 0.2) is 12.6 Å². The van der Waals surface area contributed by atoms with E-state index >= 15 is 0 Å². The highest BCUT2D eigenvalue weighted by Crippen LogP contribution is 2.46. The Kier molecular flexibility index (Phi) is 29.5. The van der Waals surface area contributed by atoms with Crippen molar-refractivity contribution in [2.75, 3.05) is 119 Å². The van der Waals surface area contributed by atoms with Crippen LogP contribution in [0.2, 0.25) is 0 Å². The largest absolute Gasteiger partial charge is 0.412 e. The summed E-state index contributed by atoms with van der Waals surface area (Å²) >= 11 is 0. The van der Waals surface area contributed by atoms with E-state index in [1.54, 1.807) is 0 Å². The van der Waals surface area contributed by atoms with Gasteiger partial charge in [0.2, 0.25) is 46.3 Å². The molecule has 0 aliphatic carbocycles. The summed E-state index contributed by atoms with van der Waals surface area (Å²) in [4.78, 5) is 0. The van der Waals surface area contributed by atoms with Gasteiger partial charge in [0.05, 0.1) is 66.1 Å². The van der Waals surface area contributed by atoms with E-state index in [9.17, 15) is 153 Å². The highest BCUT2D eigenvalue weighted by molar-refractivity contribution is 5.07. The van der Waals surface area contributed by atoms with Crippen molar-refractivity contribution < 1.29 is 249 Å².